The molecule has 3 aromatic rings. The number of ketones is 1. The molecule has 0 bridgehead atoms. The molecule has 8 nitrogen and oxygen atoms in total. The van der Waals surface area contributed by atoms with Crippen LogP contribution >= 0.6 is 0 Å². The van der Waals surface area contributed by atoms with E-state index in [1.54, 1.807) is 31.2 Å². The molecule has 9 heteroatoms. The number of carbonyl (C=O) groups excluding carboxylic acids is 3. The fraction of sp³-hybridized carbons (Fsp3) is 0.323. The summed E-state index contributed by atoms with van der Waals surface area (Å²) in [5, 5.41) is 13.2. The molecule has 0 unspecified atom stereocenters. The number of carbonyl (C=O) groups is 3. The Hall–Kier alpha value is -4.24. The Labute approximate surface area is 233 Å². The zero-order valence-corrected chi connectivity index (χ0v) is 22.5. The van der Waals surface area contributed by atoms with Crippen molar-refractivity contribution < 1.29 is 23.9 Å². The molecule has 0 radical (unpaired) electrons. The lowest BCUT2D eigenvalue weighted by Gasteiger charge is -2.36. The Balaban J connectivity index is 1.10. The van der Waals surface area contributed by atoms with Crippen LogP contribution < -0.4 is 10.2 Å². The van der Waals surface area contributed by atoms with E-state index in [0.29, 0.717) is 55.0 Å². The van der Waals surface area contributed by atoms with Crippen molar-refractivity contribution in [1.29, 1.82) is 0 Å². The number of piperazine rings is 1. The summed E-state index contributed by atoms with van der Waals surface area (Å²) in [7, 11) is 0. The third-order valence-electron chi connectivity index (χ3n) is 7.67. The largest absolute Gasteiger partial charge is 0.507 e. The number of benzene rings is 3. The van der Waals surface area contributed by atoms with Crippen LogP contribution in [0.1, 0.15) is 23.7 Å². The summed E-state index contributed by atoms with van der Waals surface area (Å²) in [6, 6.07) is 18.2. The summed E-state index contributed by atoms with van der Waals surface area (Å²) in [5.74, 6) is -0.704. The first-order chi connectivity index (χ1) is 19.3. The molecule has 2 amide bonds. The first-order valence-corrected chi connectivity index (χ1v) is 13.5. The standard InChI is InChI=1S/C31H33FN4O4/c1-21(37)22-5-8-27(9-6-22)35-13-15-36(16-14-35)30(39)20-34-12-11-24(19-34)31(40)33-26-7-10-29(38)28(18-26)23-3-2-4-25(32)17-23/h2-10,17-18,24,38H,11-16,19-20H2,1H3,(H,33,40)/t24-/m1/s1. The van der Waals surface area contributed by atoms with E-state index in [0.717, 1.165) is 18.8 Å². The molecule has 2 saturated heterocycles. The minimum atomic E-state index is -0.408. The van der Waals surface area contributed by atoms with Gasteiger partial charge in [0, 0.05) is 55.2 Å². The van der Waals surface area contributed by atoms with Crippen molar-refractivity contribution in [2.24, 2.45) is 5.92 Å². The van der Waals surface area contributed by atoms with Gasteiger partial charge in [-0.25, -0.2) is 4.39 Å². The molecule has 0 saturated carbocycles. The molecule has 0 spiro atoms. The van der Waals surface area contributed by atoms with Crippen LogP contribution in [0.15, 0.2) is 66.7 Å². The van der Waals surface area contributed by atoms with E-state index in [2.05, 4.69) is 10.2 Å². The van der Waals surface area contributed by atoms with Gasteiger partial charge in [-0.05, 0) is 80.1 Å². The third kappa shape index (κ3) is 6.31. The van der Waals surface area contributed by atoms with Gasteiger partial charge < -0.3 is 20.2 Å². The highest BCUT2D eigenvalue weighted by Gasteiger charge is 2.31. The number of hydrogen-bond donors (Lipinski definition) is 2. The molecule has 208 valence electrons. The highest BCUT2D eigenvalue weighted by molar-refractivity contribution is 5.95. The second-order valence-corrected chi connectivity index (χ2v) is 10.4. The number of halogens is 1. The summed E-state index contributed by atoms with van der Waals surface area (Å²) < 4.78 is 13.7. The molecule has 2 fully saturated rings. The Morgan fingerprint density at radius 1 is 0.950 bits per heavy atom. The van der Waals surface area contributed by atoms with Crippen LogP contribution in [0, 0.1) is 11.7 Å². The van der Waals surface area contributed by atoms with Crippen molar-refractivity contribution in [2.45, 2.75) is 13.3 Å². The van der Waals surface area contributed by atoms with Crippen LogP contribution in [-0.2, 0) is 9.59 Å². The van der Waals surface area contributed by atoms with Crippen molar-refractivity contribution in [3.8, 4) is 16.9 Å². The average molecular weight is 545 g/mol. The Kier molecular flexibility index (Phi) is 8.11. The van der Waals surface area contributed by atoms with Gasteiger partial charge in [0.15, 0.2) is 5.78 Å². The van der Waals surface area contributed by atoms with Crippen molar-refractivity contribution in [2.75, 3.05) is 56.0 Å². The molecule has 0 aromatic heterocycles. The smallest absolute Gasteiger partial charge is 0.236 e. The monoisotopic (exact) mass is 544 g/mol. The quantitative estimate of drug-likeness (QED) is 0.345. The number of Topliss-reactive ketones (excluding diaryl/α,β-unsaturated/α-hetero) is 1. The molecule has 0 aliphatic carbocycles. The number of anilines is 2. The third-order valence-corrected chi connectivity index (χ3v) is 7.67. The molecule has 40 heavy (non-hydrogen) atoms. The number of likely N-dealkylation sites (tertiary alicyclic amines) is 1. The zero-order valence-electron chi connectivity index (χ0n) is 22.5. The normalized spacial score (nSPS) is 17.6. The molecule has 2 N–H and O–H groups in total. The van der Waals surface area contributed by atoms with Gasteiger partial charge in [0.2, 0.25) is 11.8 Å². The van der Waals surface area contributed by atoms with E-state index in [1.165, 1.54) is 18.2 Å². The Bertz CT molecular complexity index is 1400. The van der Waals surface area contributed by atoms with Crippen molar-refractivity contribution in [1.82, 2.24) is 9.80 Å². The van der Waals surface area contributed by atoms with Gasteiger partial charge in [-0.1, -0.05) is 12.1 Å². The molecular weight excluding hydrogens is 511 g/mol. The maximum Gasteiger partial charge on any atom is 0.236 e. The SMILES string of the molecule is CC(=O)c1ccc(N2CCN(C(=O)CN3CC[C@@H](C(=O)Nc4ccc(O)c(-c5cccc(F)c5)c4)C3)CC2)cc1. The zero-order chi connectivity index (χ0) is 28.2. The molecule has 5 rings (SSSR count). The van der Waals surface area contributed by atoms with E-state index < -0.39 is 5.82 Å². The van der Waals surface area contributed by atoms with Gasteiger partial charge in [0.1, 0.15) is 11.6 Å². The Morgan fingerprint density at radius 2 is 1.70 bits per heavy atom. The minimum Gasteiger partial charge on any atom is -0.507 e. The number of nitrogens with one attached hydrogen (secondary N) is 1. The van der Waals surface area contributed by atoms with E-state index in [1.807, 2.05) is 34.1 Å². The van der Waals surface area contributed by atoms with Crippen LogP contribution in [0.5, 0.6) is 5.75 Å². The van der Waals surface area contributed by atoms with Gasteiger partial charge in [-0.2, -0.15) is 0 Å². The number of phenols is 1. The summed E-state index contributed by atoms with van der Waals surface area (Å²) in [6.45, 7) is 5.68. The van der Waals surface area contributed by atoms with Crippen molar-refractivity contribution in [3.63, 3.8) is 0 Å². The molecule has 1 atom stereocenters. The van der Waals surface area contributed by atoms with Crippen LogP contribution in [-0.4, -0.2) is 78.3 Å². The lowest BCUT2D eigenvalue weighted by molar-refractivity contribution is -0.132. The van der Waals surface area contributed by atoms with E-state index in [-0.39, 0.29) is 35.8 Å². The highest BCUT2D eigenvalue weighted by Crippen LogP contribution is 2.32. The molecular formula is C31H33FN4O4. The van der Waals surface area contributed by atoms with Crippen LogP contribution in [0.3, 0.4) is 0 Å². The second-order valence-electron chi connectivity index (χ2n) is 10.4. The summed E-state index contributed by atoms with van der Waals surface area (Å²) >= 11 is 0. The second kappa shape index (κ2) is 11.9. The Morgan fingerprint density at radius 3 is 2.40 bits per heavy atom. The predicted octanol–water partition coefficient (Wildman–Crippen LogP) is 4.01. The van der Waals surface area contributed by atoms with Gasteiger partial charge in [-0.3, -0.25) is 19.3 Å². The maximum atomic E-state index is 13.7. The first-order valence-electron chi connectivity index (χ1n) is 13.5. The maximum absolute atomic E-state index is 13.7. The number of aromatic hydroxyl groups is 1. The summed E-state index contributed by atoms with van der Waals surface area (Å²) in [5.41, 5.74) is 3.20. The van der Waals surface area contributed by atoms with Crippen LogP contribution in [0.4, 0.5) is 15.8 Å². The van der Waals surface area contributed by atoms with Crippen molar-refractivity contribution >= 4 is 29.0 Å². The number of nitrogens with zero attached hydrogens (tertiary/aromatic N) is 3. The fourth-order valence-electron chi connectivity index (χ4n) is 5.35. The van der Waals surface area contributed by atoms with Gasteiger partial charge in [-0.15, -0.1) is 0 Å². The summed E-state index contributed by atoms with van der Waals surface area (Å²) in [4.78, 5) is 43.6. The summed E-state index contributed by atoms with van der Waals surface area (Å²) in [6.07, 6.45) is 0.651. The van der Waals surface area contributed by atoms with Crippen LogP contribution in [0.2, 0.25) is 0 Å². The van der Waals surface area contributed by atoms with Gasteiger partial charge in [0.05, 0.1) is 12.5 Å². The lowest BCUT2D eigenvalue weighted by Crippen LogP contribution is -2.51. The highest BCUT2D eigenvalue weighted by atomic mass is 19.1. The van der Waals surface area contributed by atoms with Gasteiger partial charge >= 0.3 is 0 Å². The fourth-order valence-corrected chi connectivity index (χ4v) is 5.35. The minimum absolute atomic E-state index is 0.000810. The molecule has 3 aromatic carbocycles. The first kappa shape index (κ1) is 27.3. The topological polar surface area (TPSA) is 93.2 Å². The van der Waals surface area contributed by atoms with E-state index in [4.69, 9.17) is 0 Å². The number of phenolic OH excluding ortho intramolecular Hbond substituents is 1. The number of rotatable bonds is 7. The molecule has 2 aliphatic heterocycles. The average Bonchev–Trinajstić information content (AvgIpc) is 3.43. The molecule has 2 aliphatic rings. The van der Waals surface area contributed by atoms with Gasteiger partial charge in [0.25, 0.3) is 0 Å². The van der Waals surface area contributed by atoms with Crippen LogP contribution in [0.25, 0.3) is 11.1 Å². The lowest BCUT2D eigenvalue weighted by atomic mass is 10.0. The number of amides is 2. The predicted molar refractivity (Wildman–Crippen MR) is 152 cm³/mol. The van der Waals surface area contributed by atoms with E-state index in [9.17, 15) is 23.9 Å². The van der Waals surface area contributed by atoms with Crippen molar-refractivity contribution in [3.05, 3.63) is 78.1 Å². The number of hydrogen-bond acceptors (Lipinski definition) is 6. The van der Waals surface area contributed by atoms with E-state index >= 15 is 0 Å². The molecule has 2 heterocycles.